The van der Waals surface area contributed by atoms with E-state index in [1.165, 1.54) is 6.92 Å². The molecule has 22 heavy (non-hydrogen) atoms. The van der Waals surface area contributed by atoms with Gasteiger partial charge in [0.15, 0.2) is 5.79 Å². The minimum Gasteiger partial charge on any atom is -0.550 e. The van der Waals surface area contributed by atoms with Crippen LogP contribution in [0.25, 0.3) is 0 Å². The average molecular weight is 308 g/mol. The third-order valence-electron chi connectivity index (χ3n) is 3.48. The van der Waals surface area contributed by atoms with Gasteiger partial charge in [0, 0.05) is 5.97 Å². The summed E-state index contributed by atoms with van der Waals surface area (Å²) in [7, 11) is 0. The van der Waals surface area contributed by atoms with E-state index in [0.29, 0.717) is 0 Å². The fraction of sp³-hybridized carbons (Fsp3) is 0.467. The minimum absolute atomic E-state index is 0.122. The minimum atomic E-state index is -1.41. The first-order valence-electron chi connectivity index (χ1n) is 6.97. The standard InChI is InChI=1S/C15H19NO6/c1-11(13(17)18)15(21-7-8-22-15)10-16-14(19)20-9-12-5-3-2-4-6-12/h2-6,11H,7-10H2,1H3,(H,16,19)(H,17,18)/p-1. The van der Waals surface area contributed by atoms with Crippen LogP contribution in [0.4, 0.5) is 4.79 Å². The zero-order chi connectivity index (χ0) is 16.0. The Kier molecular flexibility index (Phi) is 5.35. The van der Waals surface area contributed by atoms with Gasteiger partial charge >= 0.3 is 6.09 Å². The van der Waals surface area contributed by atoms with Crippen LogP contribution in [0, 0.1) is 5.92 Å². The molecule has 1 atom stereocenters. The summed E-state index contributed by atoms with van der Waals surface area (Å²) in [6.07, 6.45) is -0.673. The van der Waals surface area contributed by atoms with Crippen molar-refractivity contribution in [3.05, 3.63) is 35.9 Å². The Labute approximate surface area is 128 Å². The monoisotopic (exact) mass is 308 g/mol. The number of aliphatic carboxylic acids is 1. The number of hydrogen-bond donors (Lipinski definition) is 1. The molecule has 0 aliphatic carbocycles. The number of amides is 1. The number of ether oxygens (including phenoxy) is 3. The molecule has 1 aliphatic rings. The molecule has 7 heteroatoms. The topological polar surface area (TPSA) is 96.9 Å². The molecule has 1 aromatic carbocycles. The molecule has 1 aromatic rings. The summed E-state index contributed by atoms with van der Waals surface area (Å²) in [5, 5.41) is 13.5. The summed E-state index contributed by atoms with van der Waals surface area (Å²) >= 11 is 0. The van der Waals surface area contributed by atoms with Gasteiger partial charge in [-0.1, -0.05) is 37.3 Å². The highest BCUT2D eigenvalue weighted by Crippen LogP contribution is 2.27. The van der Waals surface area contributed by atoms with Crippen LogP contribution in [-0.4, -0.2) is 37.6 Å². The number of carboxylic acid groups (broad SMARTS) is 1. The zero-order valence-corrected chi connectivity index (χ0v) is 12.2. The lowest BCUT2D eigenvalue weighted by molar-refractivity contribution is -0.325. The molecule has 1 heterocycles. The predicted molar refractivity (Wildman–Crippen MR) is 73.4 cm³/mol. The van der Waals surface area contributed by atoms with Crippen molar-refractivity contribution < 1.29 is 28.9 Å². The van der Waals surface area contributed by atoms with Crippen molar-refractivity contribution in [1.82, 2.24) is 5.32 Å². The lowest BCUT2D eigenvalue weighted by Gasteiger charge is -2.33. The number of carboxylic acids is 1. The van der Waals surface area contributed by atoms with Crippen LogP contribution in [0.5, 0.6) is 0 Å². The van der Waals surface area contributed by atoms with Crippen LogP contribution in [0.3, 0.4) is 0 Å². The van der Waals surface area contributed by atoms with Gasteiger partial charge in [-0.05, 0) is 5.56 Å². The van der Waals surface area contributed by atoms with Gasteiger partial charge in [-0.15, -0.1) is 0 Å². The SMILES string of the molecule is CC(C(=O)[O-])C1(CNC(=O)OCc2ccccc2)OCCO1. The van der Waals surface area contributed by atoms with Crippen molar-refractivity contribution in [3.63, 3.8) is 0 Å². The average Bonchev–Trinajstić information content (AvgIpc) is 3.01. The maximum Gasteiger partial charge on any atom is 0.407 e. The zero-order valence-electron chi connectivity index (χ0n) is 12.2. The van der Waals surface area contributed by atoms with Gasteiger partial charge in [-0.25, -0.2) is 4.79 Å². The summed E-state index contributed by atoms with van der Waals surface area (Å²) in [6.45, 7) is 1.93. The van der Waals surface area contributed by atoms with Gasteiger partial charge in [0.25, 0.3) is 0 Å². The van der Waals surface area contributed by atoms with Gasteiger partial charge in [0.1, 0.15) is 6.61 Å². The van der Waals surface area contributed by atoms with Gasteiger partial charge < -0.3 is 29.4 Å². The maximum atomic E-state index is 11.7. The highest BCUT2D eigenvalue weighted by atomic mass is 16.7. The molecule has 1 fully saturated rings. The molecule has 7 nitrogen and oxygen atoms in total. The Morgan fingerprint density at radius 3 is 2.55 bits per heavy atom. The first-order valence-corrected chi connectivity index (χ1v) is 6.97. The van der Waals surface area contributed by atoms with E-state index in [2.05, 4.69) is 5.32 Å². The Balaban J connectivity index is 1.84. The predicted octanol–water partition coefficient (Wildman–Crippen LogP) is 0.0419. The van der Waals surface area contributed by atoms with Crippen LogP contribution >= 0.6 is 0 Å². The number of rotatable bonds is 6. The summed E-state index contributed by atoms with van der Waals surface area (Å²) in [4.78, 5) is 22.7. The van der Waals surface area contributed by atoms with E-state index < -0.39 is 23.8 Å². The Hall–Kier alpha value is -2.12. The van der Waals surface area contributed by atoms with Crippen LogP contribution < -0.4 is 10.4 Å². The quantitative estimate of drug-likeness (QED) is 0.797. The lowest BCUT2D eigenvalue weighted by Crippen LogP contribution is -2.54. The molecule has 1 saturated heterocycles. The summed E-state index contributed by atoms with van der Waals surface area (Å²) < 4.78 is 15.8. The van der Waals surface area contributed by atoms with E-state index in [4.69, 9.17) is 14.2 Å². The first kappa shape index (κ1) is 16.3. The van der Waals surface area contributed by atoms with Crippen molar-refractivity contribution in [2.24, 2.45) is 5.92 Å². The second kappa shape index (κ2) is 7.24. The van der Waals surface area contributed by atoms with Crippen LogP contribution in [0.1, 0.15) is 12.5 Å². The number of benzene rings is 1. The molecule has 0 radical (unpaired) electrons. The lowest BCUT2D eigenvalue weighted by atomic mass is 10.0. The van der Waals surface area contributed by atoms with Crippen LogP contribution in [0.15, 0.2) is 30.3 Å². The smallest absolute Gasteiger partial charge is 0.407 e. The summed E-state index contributed by atoms with van der Waals surface area (Å²) in [5.41, 5.74) is 0.851. The van der Waals surface area contributed by atoms with Crippen molar-refractivity contribution in [2.75, 3.05) is 19.8 Å². The molecule has 2 rings (SSSR count). The number of alkyl carbamates (subject to hydrolysis) is 1. The van der Waals surface area contributed by atoms with Crippen LogP contribution in [0.2, 0.25) is 0 Å². The second-order valence-corrected chi connectivity index (χ2v) is 4.96. The molecule has 0 bridgehead atoms. The molecule has 120 valence electrons. The molecule has 0 aromatic heterocycles. The van der Waals surface area contributed by atoms with E-state index in [1.807, 2.05) is 30.3 Å². The molecular weight excluding hydrogens is 290 g/mol. The molecule has 1 amide bonds. The fourth-order valence-corrected chi connectivity index (χ4v) is 2.12. The maximum absolute atomic E-state index is 11.7. The third-order valence-corrected chi connectivity index (χ3v) is 3.48. The number of carbonyl (C=O) groups is 2. The third kappa shape index (κ3) is 3.96. The van der Waals surface area contributed by atoms with E-state index in [0.717, 1.165) is 5.56 Å². The summed E-state index contributed by atoms with van der Waals surface area (Å²) in [6, 6.07) is 9.20. The molecular formula is C15H18NO6-. The van der Waals surface area contributed by atoms with Gasteiger partial charge in [0.05, 0.1) is 25.7 Å². The van der Waals surface area contributed by atoms with E-state index in [1.54, 1.807) is 0 Å². The normalized spacial score (nSPS) is 17.7. The first-order chi connectivity index (χ1) is 10.5. The second-order valence-electron chi connectivity index (χ2n) is 4.96. The molecule has 1 N–H and O–H groups in total. The van der Waals surface area contributed by atoms with Gasteiger partial charge in [0.2, 0.25) is 0 Å². The molecule has 0 spiro atoms. The number of hydrogen-bond acceptors (Lipinski definition) is 6. The Morgan fingerprint density at radius 2 is 1.95 bits per heavy atom. The highest BCUT2D eigenvalue weighted by molar-refractivity contribution is 5.70. The fourth-order valence-electron chi connectivity index (χ4n) is 2.12. The van der Waals surface area contributed by atoms with Crippen molar-refractivity contribution >= 4 is 12.1 Å². The van der Waals surface area contributed by atoms with E-state index in [-0.39, 0.29) is 26.4 Å². The van der Waals surface area contributed by atoms with Crippen molar-refractivity contribution in [3.8, 4) is 0 Å². The van der Waals surface area contributed by atoms with Crippen LogP contribution in [-0.2, 0) is 25.6 Å². The number of nitrogens with one attached hydrogen (secondary N) is 1. The molecule has 0 saturated carbocycles. The Bertz CT molecular complexity index is 512. The highest BCUT2D eigenvalue weighted by Gasteiger charge is 2.43. The van der Waals surface area contributed by atoms with E-state index >= 15 is 0 Å². The van der Waals surface area contributed by atoms with Gasteiger partial charge in [-0.3, -0.25) is 0 Å². The van der Waals surface area contributed by atoms with Gasteiger partial charge in [-0.2, -0.15) is 0 Å². The Morgan fingerprint density at radius 1 is 1.32 bits per heavy atom. The molecule has 1 unspecified atom stereocenters. The van der Waals surface area contributed by atoms with Crippen molar-refractivity contribution in [1.29, 1.82) is 0 Å². The number of carbonyl (C=O) groups excluding carboxylic acids is 2. The summed E-state index contributed by atoms with van der Waals surface area (Å²) in [5.74, 6) is -3.74. The van der Waals surface area contributed by atoms with Crippen molar-refractivity contribution in [2.45, 2.75) is 19.3 Å². The van der Waals surface area contributed by atoms with E-state index in [9.17, 15) is 14.7 Å². The molecule has 1 aliphatic heterocycles. The largest absolute Gasteiger partial charge is 0.550 e.